The minimum atomic E-state index is -0.488. The van der Waals surface area contributed by atoms with Crippen molar-refractivity contribution in [1.82, 2.24) is 10.6 Å². The third-order valence-electron chi connectivity index (χ3n) is 2.81. The maximum absolute atomic E-state index is 11.6. The number of benzene rings is 1. The summed E-state index contributed by atoms with van der Waals surface area (Å²) in [6.45, 7) is 4.00. The zero-order chi connectivity index (χ0) is 13.8. The van der Waals surface area contributed by atoms with Gasteiger partial charge in [0.2, 0.25) is 11.8 Å². The molecule has 5 nitrogen and oxygen atoms in total. The van der Waals surface area contributed by atoms with E-state index in [4.69, 9.17) is 4.74 Å². The number of piperazine rings is 1. The number of hydrogen-bond donors (Lipinski definition) is 2. The Bertz CT molecular complexity index is 468. The van der Waals surface area contributed by atoms with Gasteiger partial charge in [0.15, 0.2) is 0 Å². The van der Waals surface area contributed by atoms with Crippen molar-refractivity contribution in [3.05, 3.63) is 29.8 Å². The smallest absolute Gasteiger partial charge is 0.243 e. The fourth-order valence-corrected chi connectivity index (χ4v) is 1.96. The number of carbonyl (C=O) groups excluding carboxylic acids is 2. The maximum Gasteiger partial charge on any atom is 0.243 e. The first kappa shape index (κ1) is 13.4. The summed E-state index contributed by atoms with van der Waals surface area (Å²) in [6.07, 6.45) is 0.619. The molecule has 0 radical (unpaired) electrons. The van der Waals surface area contributed by atoms with Gasteiger partial charge in [-0.2, -0.15) is 0 Å². The highest BCUT2D eigenvalue weighted by Crippen LogP contribution is 2.15. The number of nitrogens with one attached hydrogen (secondary N) is 2. The van der Waals surface area contributed by atoms with Gasteiger partial charge < -0.3 is 15.4 Å². The summed E-state index contributed by atoms with van der Waals surface area (Å²) in [5.41, 5.74) is 0.985. The lowest BCUT2D eigenvalue weighted by Crippen LogP contribution is -2.56. The van der Waals surface area contributed by atoms with Crippen LogP contribution in [0.2, 0.25) is 0 Å². The van der Waals surface area contributed by atoms with Crippen LogP contribution < -0.4 is 15.4 Å². The van der Waals surface area contributed by atoms with Crippen LogP contribution in [-0.2, 0) is 16.0 Å². The second kappa shape index (κ2) is 5.73. The standard InChI is InChI=1S/C14H18N2O3/c1-9(2)19-11-5-3-10(4-6-11)7-12-14(18)15-8-13(17)16-12/h3-6,9,12H,7-8H2,1-2H3,(H,15,18)(H,16,17)/t12-/m0/s1. The monoisotopic (exact) mass is 262 g/mol. The van der Waals surface area contributed by atoms with Crippen LogP contribution in [0.1, 0.15) is 19.4 Å². The molecule has 0 spiro atoms. The lowest BCUT2D eigenvalue weighted by Gasteiger charge is -2.23. The average Bonchev–Trinajstić information content (AvgIpc) is 2.35. The lowest BCUT2D eigenvalue weighted by atomic mass is 10.0. The van der Waals surface area contributed by atoms with Gasteiger partial charge in [0.05, 0.1) is 12.6 Å². The van der Waals surface area contributed by atoms with E-state index in [1.165, 1.54) is 0 Å². The molecule has 2 rings (SSSR count). The van der Waals surface area contributed by atoms with Crippen LogP contribution in [0.4, 0.5) is 0 Å². The molecule has 0 aromatic heterocycles. The number of rotatable bonds is 4. The summed E-state index contributed by atoms with van der Waals surface area (Å²) in [6, 6.07) is 7.07. The first-order chi connectivity index (χ1) is 9.04. The molecule has 1 aromatic rings. The Labute approximate surface area is 112 Å². The van der Waals surface area contributed by atoms with Gasteiger partial charge in [0, 0.05) is 6.42 Å². The van der Waals surface area contributed by atoms with Crippen LogP contribution in [-0.4, -0.2) is 30.5 Å². The Kier molecular flexibility index (Phi) is 4.04. The van der Waals surface area contributed by atoms with Gasteiger partial charge in [0.1, 0.15) is 11.8 Å². The summed E-state index contributed by atoms with van der Waals surface area (Å²) in [4.78, 5) is 22.8. The molecule has 2 N–H and O–H groups in total. The molecule has 0 aliphatic carbocycles. The van der Waals surface area contributed by atoms with Crippen LogP contribution >= 0.6 is 0 Å². The van der Waals surface area contributed by atoms with E-state index in [-0.39, 0.29) is 24.5 Å². The normalized spacial score (nSPS) is 19.0. The first-order valence-corrected chi connectivity index (χ1v) is 6.37. The topological polar surface area (TPSA) is 67.4 Å². The highest BCUT2D eigenvalue weighted by atomic mass is 16.5. The molecule has 1 saturated heterocycles. The van der Waals surface area contributed by atoms with Gasteiger partial charge in [-0.15, -0.1) is 0 Å². The van der Waals surface area contributed by atoms with Crippen molar-refractivity contribution in [3.63, 3.8) is 0 Å². The molecule has 19 heavy (non-hydrogen) atoms. The molecule has 0 unspecified atom stereocenters. The van der Waals surface area contributed by atoms with Crippen molar-refractivity contribution in [2.24, 2.45) is 0 Å². The minimum Gasteiger partial charge on any atom is -0.491 e. The quantitative estimate of drug-likeness (QED) is 0.836. The van der Waals surface area contributed by atoms with Gasteiger partial charge in [-0.05, 0) is 31.5 Å². The SMILES string of the molecule is CC(C)Oc1ccc(C[C@@H]2NC(=O)CNC2=O)cc1. The van der Waals surface area contributed by atoms with E-state index in [2.05, 4.69) is 10.6 Å². The molecule has 1 aromatic carbocycles. The van der Waals surface area contributed by atoms with Crippen molar-refractivity contribution in [2.45, 2.75) is 32.4 Å². The van der Waals surface area contributed by atoms with Crippen molar-refractivity contribution in [1.29, 1.82) is 0 Å². The maximum atomic E-state index is 11.6. The molecule has 1 fully saturated rings. The predicted octanol–water partition coefficient (Wildman–Crippen LogP) is 0.631. The Morgan fingerprint density at radius 1 is 1.26 bits per heavy atom. The Morgan fingerprint density at radius 2 is 1.95 bits per heavy atom. The molecule has 1 aliphatic heterocycles. The van der Waals surface area contributed by atoms with Crippen LogP contribution in [0.15, 0.2) is 24.3 Å². The van der Waals surface area contributed by atoms with Crippen molar-refractivity contribution in [3.8, 4) is 5.75 Å². The van der Waals surface area contributed by atoms with E-state index in [9.17, 15) is 9.59 Å². The first-order valence-electron chi connectivity index (χ1n) is 6.37. The summed E-state index contributed by atoms with van der Waals surface area (Å²) in [5, 5.41) is 5.24. The Morgan fingerprint density at radius 3 is 2.58 bits per heavy atom. The van der Waals surface area contributed by atoms with Crippen molar-refractivity contribution in [2.75, 3.05) is 6.54 Å². The molecule has 1 atom stereocenters. The van der Waals surface area contributed by atoms with Gasteiger partial charge in [-0.3, -0.25) is 9.59 Å². The second-order valence-electron chi connectivity index (χ2n) is 4.85. The molecular weight excluding hydrogens is 244 g/mol. The number of ether oxygens (including phenoxy) is 1. The summed E-state index contributed by atoms with van der Waals surface area (Å²) in [5.74, 6) is 0.516. The van der Waals surface area contributed by atoms with E-state index in [0.717, 1.165) is 11.3 Å². The second-order valence-corrected chi connectivity index (χ2v) is 4.85. The van der Waals surface area contributed by atoms with E-state index in [0.29, 0.717) is 6.42 Å². The van der Waals surface area contributed by atoms with Crippen LogP contribution in [0.3, 0.4) is 0 Å². The molecule has 102 valence electrons. The third kappa shape index (κ3) is 3.71. The minimum absolute atomic E-state index is 0.0660. The third-order valence-corrected chi connectivity index (χ3v) is 2.81. The van der Waals surface area contributed by atoms with Gasteiger partial charge >= 0.3 is 0 Å². The fraction of sp³-hybridized carbons (Fsp3) is 0.429. The molecule has 2 amide bonds. The highest BCUT2D eigenvalue weighted by molar-refractivity contribution is 5.94. The number of amides is 2. The van der Waals surface area contributed by atoms with E-state index in [1.54, 1.807) is 0 Å². The van der Waals surface area contributed by atoms with E-state index >= 15 is 0 Å². The Balaban J connectivity index is 1.98. The summed E-state index contributed by atoms with van der Waals surface area (Å²) >= 11 is 0. The summed E-state index contributed by atoms with van der Waals surface area (Å²) in [7, 11) is 0. The fourth-order valence-electron chi connectivity index (χ4n) is 1.96. The van der Waals surface area contributed by atoms with Gasteiger partial charge in [0.25, 0.3) is 0 Å². The zero-order valence-corrected chi connectivity index (χ0v) is 11.1. The molecule has 0 saturated carbocycles. The average molecular weight is 262 g/mol. The molecule has 1 heterocycles. The highest BCUT2D eigenvalue weighted by Gasteiger charge is 2.25. The van der Waals surface area contributed by atoms with Crippen LogP contribution in [0.25, 0.3) is 0 Å². The largest absolute Gasteiger partial charge is 0.491 e. The molecular formula is C14H18N2O3. The van der Waals surface area contributed by atoms with Crippen LogP contribution in [0.5, 0.6) is 5.75 Å². The molecule has 5 heteroatoms. The molecule has 1 aliphatic rings. The number of hydrogen-bond acceptors (Lipinski definition) is 3. The number of carbonyl (C=O) groups is 2. The predicted molar refractivity (Wildman–Crippen MR) is 70.9 cm³/mol. The van der Waals surface area contributed by atoms with Crippen molar-refractivity contribution >= 4 is 11.8 Å². The van der Waals surface area contributed by atoms with E-state index in [1.807, 2.05) is 38.1 Å². The van der Waals surface area contributed by atoms with E-state index < -0.39 is 6.04 Å². The summed E-state index contributed by atoms with van der Waals surface area (Å²) < 4.78 is 5.55. The molecule has 0 bridgehead atoms. The lowest BCUT2D eigenvalue weighted by molar-refractivity contribution is -0.133. The van der Waals surface area contributed by atoms with Crippen LogP contribution in [0, 0.1) is 0 Å². The van der Waals surface area contributed by atoms with Gasteiger partial charge in [-0.25, -0.2) is 0 Å². The van der Waals surface area contributed by atoms with Gasteiger partial charge in [-0.1, -0.05) is 12.1 Å². The van der Waals surface area contributed by atoms with Crippen molar-refractivity contribution < 1.29 is 14.3 Å². The Hall–Kier alpha value is -2.04. The zero-order valence-electron chi connectivity index (χ0n) is 11.1.